The van der Waals surface area contributed by atoms with Gasteiger partial charge in [0.05, 0.1) is 11.4 Å². The Morgan fingerprint density at radius 2 is 1.68 bits per heavy atom. The van der Waals surface area contributed by atoms with Gasteiger partial charge in [0.15, 0.2) is 0 Å². The van der Waals surface area contributed by atoms with Gasteiger partial charge in [-0.3, -0.25) is 14.6 Å². The van der Waals surface area contributed by atoms with E-state index in [0.717, 1.165) is 28.2 Å². The van der Waals surface area contributed by atoms with Crippen molar-refractivity contribution in [2.75, 3.05) is 11.9 Å². The molecule has 2 heterocycles. The monoisotopic (exact) mass is 453 g/mol. The lowest BCUT2D eigenvalue weighted by molar-refractivity contribution is -0.124. The minimum atomic E-state index is -0.242. The average Bonchev–Trinajstić information content (AvgIpc) is 3.28. The van der Waals surface area contributed by atoms with Gasteiger partial charge < -0.3 is 10.6 Å². The van der Waals surface area contributed by atoms with Gasteiger partial charge >= 0.3 is 0 Å². The van der Waals surface area contributed by atoms with Gasteiger partial charge in [-0.2, -0.15) is 5.10 Å². The Kier molecular flexibility index (Phi) is 7.45. The van der Waals surface area contributed by atoms with Crippen LogP contribution in [0.5, 0.6) is 0 Å². The molecule has 2 aromatic heterocycles. The second kappa shape index (κ2) is 11.0. The van der Waals surface area contributed by atoms with E-state index < -0.39 is 0 Å². The second-order valence-corrected chi connectivity index (χ2v) is 8.00. The zero-order chi connectivity index (χ0) is 23.8. The van der Waals surface area contributed by atoms with Crippen molar-refractivity contribution in [3.05, 3.63) is 96.3 Å². The van der Waals surface area contributed by atoms with Gasteiger partial charge in [0.2, 0.25) is 11.8 Å². The van der Waals surface area contributed by atoms with Crippen LogP contribution >= 0.6 is 0 Å². The van der Waals surface area contributed by atoms with Crippen LogP contribution in [-0.4, -0.2) is 33.1 Å². The highest BCUT2D eigenvalue weighted by molar-refractivity contribution is 5.93. The minimum Gasteiger partial charge on any atom is -0.356 e. The predicted molar refractivity (Wildman–Crippen MR) is 133 cm³/mol. The van der Waals surface area contributed by atoms with Gasteiger partial charge in [-0.15, -0.1) is 0 Å². The standard InChI is InChI=1S/C27H27N5O2/c1-20-8-7-12-23(18-20)32-25(19-24(31-32)21-9-3-2-4-10-21)30-27(34)14-13-26(33)29-17-15-22-11-5-6-16-28-22/h2-12,16,18-19H,13-15,17H2,1H3,(H,29,33)(H,30,34). The summed E-state index contributed by atoms with van der Waals surface area (Å²) < 4.78 is 1.72. The summed E-state index contributed by atoms with van der Waals surface area (Å²) in [6.45, 7) is 2.49. The molecule has 172 valence electrons. The van der Waals surface area contributed by atoms with E-state index in [2.05, 4.69) is 15.6 Å². The molecule has 7 heteroatoms. The molecule has 0 aliphatic carbocycles. The third-order valence-corrected chi connectivity index (χ3v) is 5.30. The molecule has 2 amide bonds. The van der Waals surface area contributed by atoms with Crippen molar-refractivity contribution in [3.8, 4) is 16.9 Å². The van der Waals surface area contributed by atoms with Crippen LogP contribution in [0.25, 0.3) is 16.9 Å². The van der Waals surface area contributed by atoms with Gasteiger partial charge in [0, 0.05) is 49.3 Å². The molecule has 0 fully saturated rings. The van der Waals surface area contributed by atoms with Crippen LogP contribution in [0.1, 0.15) is 24.1 Å². The van der Waals surface area contributed by atoms with Crippen LogP contribution in [0, 0.1) is 6.92 Å². The highest BCUT2D eigenvalue weighted by Gasteiger charge is 2.15. The van der Waals surface area contributed by atoms with E-state index in [4.69, 9.17) is 5.10 Å². The first kappa shape index (κ1) is 22.9. The summed E-state index contributed by atoms with van der Waals surface area (Å²) in [5.41, 5.74) is 4.57. The summed E-state index contributed by atoms with van der Waals surface area (Å²) in [5, 5.41) is 10.5. The Hall–Kier alpha value is -4.26. The summed E-state index contributed by atoms with van der Waals surface area (Å²) in [6, 6.07) is 25.3. The van der Waals surface area contributed by atoms with Gasteiger partial charge in [0.25, 0.3) is 0 Å². The third kappa shape index (κ3) is 6.16. The first-order valence-corrected chi connectivity index (χ1v) is 11.3. The number of rotatable bonds is 9. The van der Waals surface area contributed by atoms with Crippen molar-refractivity contribution in [2.45, 2.75) is 26.2 Å². The number of hydrogen-bond donors (Lipinski definition) is 2. The van der Waals surface area contributed by atoms with Crippen molar-refractivity contribution < 1.29 is 9.59 Å². The Labute approximate surface area is 198 Å². The summed E-state index contributed by atoms with van der Waals surface area (Å²) in [4.78, 5) is 29.1. The molecule has 34 heavy (non-hydrogen) atoms. The lowest BCUT2D eigenvalue weighted by atomic mass is 10.1. The molecule has 0 aliphatic heterocycles. The number of carbonyl (C=O) groups excluding carboxylic acids is 2. The molecule has 7 nitrogen and oxygen atoms in total. The maximum absolute atomic E-state index is 12.7. The number of anilines is 1. The third-order valence-electron chi connectivity index (χ3n) is 5.30. The van der Waals surface area contributed by atoms with Crippen molar-refractivity contribution in [1.82, 2.24) is 20.1 Å². The number of aromatic nitrogens is 3. The van der Waals surface area contributed by atoms with Gasteiger partial charge in [-0.05, 0) is 36.8 Å². The van der Waals surface area contributed by atoms with Crippen molar-refractivity contribution in [3.63, 3.8) is 0 Å². The maximum Gasteiger partial charge on any atom is 0.226 e. The molecule has 4 aromatic rings. The number of amides is 2. The van der Waals surface area contributed by atoms with Crippen molar-refractivity contribution in [1.29, 1.82) is 0 Å². The smallest absolute Gasteiger partial charge is 0.226 e. The fraction of sp³-hybridized carbons (Fsp3) is 0.185. The summed E-state index contributed by atoms with van der Waals surface area (Å²) in [6.07, 6.45) is 2.57. The van der Waals surface area contributed by atoms with Crippen LogP contribution < -0.4 is 10.6 Å². The molecule has 0 radical (unpaired) electrons. The van der Waals surface area contributed by atoms with Crippen LogP contribution in [0.3, 0.4) is 0 Å². The average molecular weight is 454 g/mol. The van der Waals surface area contributed by atoms with Gasteiger partial charge in [-0.25, -0.2) is 4.68 Å². The number of nitrogens with one attached hydrogen (secondary N) is 2. The normalized spacial score (nSPS) is 10.6. The highest BCUT2D eigenvalue weighted by atomic mass is 16.2. The largest absolute Gasteiger partial charge is 0.356 e. The Bertz CT molecular complexity index is 1250. The van der Waals surface area contributed by atoms with E-state index in [1.54, 1.807) is 10.9 Å². The SMILES string of the molecule is Cc1cccc(-n2nc(-c3ccccc3)cc2NC(=O)CCC(=O)NCCc2ccccn2)c1. The molecule has 4 rings (SSSR count). The Balaban J connectivity index is 1.39. The number of hydrogen-bond acceptors (Lipinski definition) is 4. The molecule has 0 saturated carbocycles. The first-order valence-electron chi connectivity index (χ1n) is 11.3. The highest BCUT2D eigenvalue weighted by Crippen LogP contribution is 2.25. The van der Waals surface area contributed by atoms with Crippen LogP contribution in [-0.2, 0) is 16.0 Å². The fourth-order valence-electron chi connectivity index (χ4n) is 3.57. The fourth-order valence-corrected chi connectivity index (χ4v) is 3.57. The summed E-state index contributed by atoms with van der Waals surface area (Å²) in [7, 11) is 0. The molecule has 2 aromatic carbocycles. The van der Waals surface area contributed by atoms with Crippen LogP contribution in [0.15, 0.2) is 85.1 Å². The molecular formula is C27H27N5O2. The topological polar surface area (TPSA) is 88.9 Å². The van der Waals surface area contributed by atoms with E-state index in [1.165, 1.54) is 0 Å². The molecule has 0 aliphatic rings. The van der Waals surface area contributed by atoms with Crippen molar-refractivity contribution >= 4 is 17.6 Å². The summed E-state index contributed by atoms with van der Waals surface area (Å²) in [5.74, 6) is 0.154. The van der Waals surface area contributed by atoms with Crippen LogP contribution in [0.2, 0.25) is 0 Å². The van der Waals surface area contributed by atoms with Gasteiger partial charge in [-0.1, -0.05) is 48.5 Å². The van der Waals surface area contributed by atoms with E-state index in [-0.39, 0.29) is 24.7 Å². The molecule has 0 bridgehead atoms. The van der Waals surface area contributed by atoms with E-state index in [0.29, 0.717) is 18.8 Å². The molecule has 0 atom stereocenters. The predicted octanol–water partition coefficient (Wildman–Crippen LogP) is 4.32. The molecule has 0 unspecified atom stereocenters. The van der Waals surface area contributed by atoms with Gasteiger partial charge in [0.1, 0.15) is 5.82 Å². The van der Waals surface area contributed by atoms with E-state index >= 15 is 0 Å². The second-order valence-electron chi connectivity index (χ2n) is 8.00. The first-order chi connectivity index (χ1) is 16.6. The van der Waals surface area contributed by atoms with Crippen molar-refractivity contribution in [2.24, 2.45) is 0 Å². The number of pyridine rings is 1. The quantitative estimate of drug-likeness (QED) is 0.395. The van der Waals surface area contributed by atoms with Crippen LogP contribution in [0.4, 0.5) is 5.82 Å². The Morgan fingerprint density at radius 1 is 0.882 bits per heavy atom. The number of nitrogens with zero attached hydrogens (tertiary/aromatic N) is 3. The molecule has 0 saturated heterocycles. The zero-order valence-electron chi connectivity index (χ0n) is 19.1. The van der Waals surface area contributed by atoms with E-state index in [1.807, 2.05) is 85.8 Å². The summed E-state index contributed by atoms with van der Waals surface area (Å²) >= 11 is 0. The molecular weight excluding hydrogens is 426 g/mol. The van der Waals surface area contributed by atoms with E-state index in [9.17, 15) is 9.59 Å². The lowest BCUT2D eigenvalue weighted by Crippen LogP contribution is -2.27. The minimum absolute atomic E-state index is 0.0785. The Morgan fingerprint density at radius 3 is 2.44 bits per heavy atom. The molecule has 2 N–H and O–H groups in total. The lowest BCUT2D eigenvalue weighted by Gasteiger charge is -2.10. The number of aryl methyl sites for hydroxylation is 1. The number of carbonyl (C=O) groups is 2. The maximum atomic E-state index is 12.7. The molecule has 0 spiro atoms. The zero-order valence-corrected chi connectivity index (χ0v) is 19.1. The number of benzene rings is 2.